The first-order valence-electron chi connectivity index (χ1n) is 4.20. The molecule has 0 bridgehead atoms. The number of aromatic nitrogens is 1. The molecule has 0 atom stereocenters. The lowest BCUT2D eigenvalue weighted by molar-refractivity contribution is 1.01. The molecular formula is C10H15Cl2N. The Morgan fingerprint density at radius 1 is 1.38 bits per heavy atom. The number of nitrogens with zero attached hydrogens (tertiary/aromatic N) is 1. The molecule has 13 heavy (non-hydrogen) atoms. The maximum Gasteiger partial charge on any atom is 0.0650 e. The van der Waals surface area contributed by atoms with Crippen LogP contribution in [-0.4, -0.2) is 4.98 Å². The number of rotatable bonds is 2. The number of halogens is 2. The summed E-state index contributed by atoms with van der Waals surface area (Å²) in [5.41, 5.74) is 4.93. The van der Waals surface area contributed by atoms with Gasteiger partial charge in [-0.05, 0) is 37.0 Å². The van der Waals surface area contributed by atoms with Crippen LogP contribution in [0.5, 0.6) is 0 Å². The summed E-state index contributed by atoms with van der Waals surface area (Å²) in [7, 11) is 0. The van der Waals surface area contributed by atoms with E-state index < -0.39 is 0 Å². The van der Waals surface area contributed by atoms with Gasteiger partial charge in [0.25, 0.3) is 0 Å². The molecule has 0 radical (unpaired) electrons. The van der Waals surface area contributed by atoms with Crippen LogP contribution >= 0.6 is 24.0 Å². The van der Waals surface area contributed by atoms with E-state index in [-0.39, 0.29) is 12.4 Å². The minimum Gasteiger partial charge on any atom is -0.259 e. The van der Waals surface area contributed by atoms with Crippen molar-refractivity contribution in [2.24, 2.45) is 0 Å². The molecule has 0 amide bonds. The molecular weight excluding hydrogens is 205 g/mol. The van der Waals surface area contributed by atoms with Crippen LogP contribution < -0.4 is 0 Å². The van der Waals surface area contributed by atoms with E-state index in [1.165, 1.54) is 16.7 Å². The van der Waals surface area contributed by atoms with Crippen molar-refractivity contribution in [3.05, 3.63) is 28.6 Å². The van der Waals surface area contributed by atoms with Gasteiger partial charge in [-0.3, -0.25) is 4.98 Å². The lowest BCUT2D eigenvalue weighted by Crippen LogP contribution is -1.99. The molecule has 0 unspecified atom stereocenters. The first kappa shape index (κ1) is 12.7. The summed E-state index contributed by atoms with van der Waals surface area (Å²) in [4.78, 5) is 4.27. The van der Waals surface area contributed by atoms with Crippen LogP contribution in [-0.2, 0) is 12.3 Å². The van der Waals surface area contributed by atoms with E-state index in [1.54, 1.807) is 0 Å². The Morgan fingerprint density at radius 3 is 2.46 bits per heavy atom. The van der Waals surface area contributed by atoms with Gasteiger partial charge in [-0.15, -0.1) is 24.0 Å². The van der Waals surface area contributed by atoms with Gasteiger partial charge >= 0.3 is 0 Å². The number of pyridine rings is 1. The van der Waals surface area contributed by atoms with Crippen molar-refractivity contribution >= 4 is 24.0 Å². The highest BCUT2D eigenvalue weighted by Gasteiger charge is 2.05. The molecule has 1 aromatic heterocycles. The van der Waals surface area contributed by atoms with Crippen LogP contribution in [0.1, 0.15) is 29.3 Å². The molecule has 0 aromatic carbocycles. The van der Waals surface area contributed by atoms with Crippen LogP contribution in [0.15, 0.2) is 6.20 Å². The largest absolute Gasteiger partial charge is 0.259 e. The van der Waals surface area contributed by atoms with E-state index in [0.717, 1.165) is 12.1 Å². The lowest BCUT2D eigenvalue weighted by Gasteiger charge is -2.09. The highest BCUT2D eigenvalue weighted by molar-refractivity contribution is 6.17. The predicted octanol–water partition coefficient (Wildman–Crippen LogP) is 3.42. The Bertz CT molecular complexity index is 284. The maximum absolute atomic E-state index is 5.75. The summed E-state index contributed by atoms with van der Waals surface area (Å²) in [5.74, 6) is 0.513. The van der Waals surface area contributed by atoms with E-state index in [9.17, 15) is 0 Å². The Hall–Kier alpha value is -0.270. The smallest absolute Gasteiger partial charge is 0.0650 e. The first-order chi connectivity index (χ1) is 5.70. The molecule has 1 aromatic rings. The Balaban J connectivity index is 0.00000144. The molecule has 3 heteroatoms. The second-order valence-electron chi connectivity index (χ2n) is 2.98. The fourth-order valence-electron chi connectivity index (χ4n) is 1.50. The highest BCUT2D eigenvalue weighted by atomic mass is 35.5. The van der Waals surface area contributed by atoms with E-state index in [0.29, 0.717) is 5.88 Å². The van der Waals surface area contributed by atoms with Crippen LogP contribution in [0.4, 0.5) is 0 Å². The lowest BCUT2D eigenvalue weighted by atomic mass is 10.0. The second-order valence-corrected chi connectivity index (χ2v) is 3.25. The third kappa shape index (κ3) is 2.58. The zero-order valence-electron chi connectivity index (χ0n) is 8.22. The molecule has 0 spiro atoms. The molecule has 0 saturated carbocycles. The average Bonchev–Trinajstić information content (AvgIpc) is 2.06. The van der Waals surface area contributed by atoms with E-state index in [4.69, 9.17) is 11.6 Å². The monoisotopic (exact) mass is 219 g/mol. The topological polar surface area (TPSA) is 12.9 Å². The van der Waals surface area contributed by atoms with Gasteiger partial charge in [0.1, 0.15) is 0 Å². The van der Waals surface area contributed by atoms with E-state index >= 15 is 0 Å². The Labute approximate surface area is 90.9 Å². The molecule has 1 heterocycles. The third-order valence-corrected chi connectivity index (χ3v) is 2.51. The van der Waals surface area contributed by atoms with Crippen molar-refractivity contribution in [2.75, 3.05) is 0 Å². The van der Waals surface area contributed by atoms with Crippen molar-refractivity contribution in [3.8, 4) is 0 Å². The molecule has 0 saturated heterocycles. The highest BCUT2D eigenvalue weighted by Crippen LogP contribution is 2.17. The molecule has 74 valence electrons. The summed E-state index contributed by atoms with van der Waals surface area (Å²) in [5, 5.41) is 0. The van der Waals surface area contributed by atoms with Crippen molar-refractivity contribution < 1.29 is 0 Å². The fraction of sp³-hybridized carbons (Fsp3) is 0.500. The molecule has 1 rings (SSSR count). The van der Waals surface area contributed by atoms with Gasteiger partial charge in [-0.2, -0.15) is 0 Å². The van der Waals surface area contributed by atoms with Crippen LogP contribution in [0.2, 0.25) is 0 Å². The quantitative estimate of drug-likeness (QED) is 0.696. The zero-order chi connectivity index (χ0) is 9.14. The van der Waals surface area contributed by atoms with Crippen molar-refractivity contribution in [1.82, 2.24) is 4.98 Å². The summed E-state index contributed by atoms with van der Waals surface area (Å²) in [6.45, 7) is 6.35. The number of aryl methyl sites for hydroxylation is 1. The molecule has 0 N–H and O–H groups in total. The first-order valence-corrected chi connectivity index (χ1v) is 4.74. The minimum absolute atomic E-state index is 0. The van der Waals surface area contributed by atoms with Crippen LogP contribution in [0.3, 0.4) is 0 Å². The SMILES string of the molecule is CCc1c(C)cnc(CCl)c1C.Cl. The van der Waals surface area contributed by atoms with Gasteiger partial charge in [0.15, 0.2) is 0 Å². The molecule has 1 nitrogen and oxygen atoms in total. The van der Waals surface area contributed by atoms with Crippen molar-refractivity contribution in [1.29, 1.82) is 0 Å². The Kier molecular flexibility index (Phi) is 5.34. The molecule has 0 aliphatic rings. The van der Waals surface area contributed by atoms with Gasteiger partial charge in [0, 0.05) is 6.20 Å². The molecule has 0 fully saturated rings. The predicted molar refractivity (Wildman–Crippen MR) is 59.9 cm³/mol. The van der Waals surface area contributed by atoms with Gasteiger partial charge in [0.05, 0.1) is 11.6 Å². The van der Waals surface area contributed by atoms with Gasteiger partial charge < -0.3 is 0 Å². The van der Waals surface area contributed by atoms with Crippen molar-refractivity contribution in [3.63, 3.8) is 0 Å². The number of hydrogen-bond donors (Lipinski definition) is 0. The number of alkyl halides is 1. The maximum atomic E-state index is 5.75. The van der Waals surface area contributed by atoms with Crippen LogP contribution in [0, 0.1) is 13.8 Å². The second kappa shape index (κ2) is 5.46. The van der Waals surface area contributed by atoms with E-state index in [2.05, 4.69) is 25.8 Å². The summed E-state index contributed by atoms with van der Waals surface area (Å²) < 4.78 is 0. The Morgan fingerprint density at radius 2 is 2.00 bits per heavy atom. The summed E-state index contributed by atoms with van der Waals surface area (Å²) >= 11 is 5.75. The number of hydrogen-bond acceptors (Lipinski definition) is 1. The third-order valence-electron chi connectivity index (χ3n) is 2.26. The van der Waals surface area contributed by atoms with Crippen molar-refractivity contribution in [2.45, 2.75) is 33.1 Å². The van der Waals surface area contributed by atoms with E-state index in [1.807, 2.05) is 6.20 Å². The van der Waals surface area contributed by atoms with Gasteiger partial charge in [-0.25, -0.2) is 0 Å². The van der Waals surface area contributed by atoms with Gasteiger partial charge in [-0.1, -0.05) is 6.92 Å². The minimum atomic E-state index is 0. The average molecular weight is 220 g/mol. The normalized spacial score (nSPS) is 9.54. The fourth-order valence-corrected chi connectivity index (χ4v) is 1.77. The molecule has 0 aliphatic heterocycles. The molecule has 0 aliphatic carbocycles. The summed E-state index contributed by atoms with van der Waals surface area (Å²) in [6.07, 6.45) is 2.97. The standard InChI is InChI=1S/C10H14ClN.ClH/c1-4-9-7(2)6-12-10(5-11)8(9)3;/h6H,4-5H2,1-3H3;1H. The zero-order valence-corrected chi connectivity index (χ0v) is 9.80. The van der Waals surface area contributed by atoms with Crippen LogP contribution in [0.25, 0.3) is 0 Å². The summed E-state index contributed by atoms with van der Waals surface area (Å²) in [6, 6.07) is 0. The van der Waals surface area contributed by atoms with Gasteiger partial charge in [0.2, 0.25) is 0 Å².